The number of hydrogen-bond acceptors (Lipinski definition) is 3. The van der Waals surface area contributed by atoms with Gasteiger partial charge in [0.1, 0.15) is 11.5 Å². The first-order valence-electron chi connectivity index (χ1n) is 7.28. The van der Waals surface area contributed by atoms with Crippen molar-refractivity contribution in [2.24, 2.45) is 0 Å². The molecule has 0 saturated carbocycles. The van der Waals surface area contributed by atoms with E-state index in [9.17, 15) is 0 Å². The summed E-state index contributed by atoms with van der Waals surface area (Å²) in [5, 5.41) is 8.82. The van der Waals surface area contributed by atoms with Crippen molar-refractivity contribution in [3.05, 3.63) is 72.8 Å². The minimum Gasteiger partial charge on any atom is -0.508 e. The topological polar surface area (TPSA) is 38.7 Å². The molecule has 0 amide bonds. The van der Waals surface area contributed by atoms with Crippen LogP contribution in [-0.2, 0) is 4.74 Å². The molecule has 2 rings (SSSR count). The highest BCUT2D eigenvalue weighted by molar-refractivity contribution is 5.48. The molecule has 3 nitrogen and oxygen atoms in total. The Bertz CT molecular complexity index is 610. The molecule has 0 aliphatic heterocycles. The van der Waals surface area contributed by atoms with Crippen LogP contribution in [0.5, 0.6) is 11.5 Å². The maximum Gasteiger partial charge on any atom is 0.204 e. The third-order valence-corrected chi connectivity index (χ3v) is 3.10. The van der Waals surface area contributed by atoms with Crippen LogP contribution >= 0.6 is 0 Å². The van der Waals surface area contributed by atoms with Crippen molar-refractivity contribution < 1.29 is 14.6 Å². The molecule has 0 heterocycles. The SMILES string of the molecule is C=Cc1ccc(O)cc1.C=Cc1ccc(OC(C)(C)OC)cc1. The van der Waals surface area contributed by atoms with Crippen molar-refractivity contribution >= 4 is 12.2 Å². The highest BCUT2D eigenvalue weighted by atomic mass is 16.7. The normalized spacial score (nSPS) is 10.2. The average molecular weight is 312 g/mol. The standard InChI is InChI=1S/C12H16O2.C8H8O/c1-5-10-6-8-11(9-7-10)14-12(2,3)13-4;1-2-7-3-5-8(9)6-4-7/h5-9H,1H2,2-4H3;2-6,9H,1H2. The van der Waals surface area contributed by atoms with Crippen molar-refractivity contribution in [3.63, 3.8) is 0 Å². The van der Waals surface area contributed by atoms with Crippen molar-refractivity contribution in [3.8, 4) is 11.5 Å². The van der Waals surface area contributed by atoms with Gasteiger partial charge in [-0.15, -0.1) is 0 Å². The van der Waals surface area contributed by atoms with E-state index < -0.39 is 5.79 Å². The molecular weight excluding hydrogens is 288 g/mol. The predicted octanol–water partition coefficient (Wildman–Crippen LogP) is 5.13. The van der Waals surface area contributed by atoms with Gasteiger partial charge in [0.15, 0.2) is 0 Å². The summed E-state index contributed by atoms with van der Waals surface area (Å²) in [7, 11) is 1.62. The summed E-state index contributed by atoms with van der Waals surface area (Å²) in [4.78, 5) is 0. The number of aromatic hydroxyl groups is 1. The molecule has 0 aliphatic carbocycles. The van der Waals surface area contributed by atoms with Gasteiger partial charge in [0, 0.05) is 21.0 Å². The Balaban J connectivity index is 0.000000253. The fraction of sp³-hybridized carbons (Fsp3) is 0.200. The molecule has 0 atom stereocenters. The average Bonchev–Trinajstić information content (AvgIpc) is 2.56. The smallest absolute Gasteiger partial charge is 0.204 e. The number of hydrogen-bond donors (Lipinski definition) is 1. The molecule has 0 spiro atoms. The van der Waals surface area contributed by atoms with Crippen molar-refractivity contribution in [2.75, 3.05) is 7.11 Å². The van der Waals surface area contributed by atoms with Crippen LogP contribution in [0.4, 0.5) is 0 Å². The van der Waals surface area contributed by atoms with E-state index in [2.05, 4.69) is 13.2 Å². The Morgan fingerprint density at radius 3 is 1.70 bits per heavy atom. The second-order valence-electron chi connectivity index (χ2n) is 5.27. The van der Waals surface area contributed by atoms with Crippen LogP contribution in [0.1, 0.15) is 25.0 Å². The monoisotopic (exact) mass is 312 g/mol. The van der Waals surface area contributed by atoms with Gasteiger partial charge in [0.05, 0.1) is 0 Å². The molecule has 0 radical (unpaired) electrons. The first kappa shape index (κ1) is 18.5. The fourth-order valence-electron chi connectivity index (χ4n) is 1.61. The Kier molecular flexibility index (Phi) is 7.10. The first-order valence-corrected chi connectivity index (χ1v) is 7.28. The van der Waals surface area contributed by atoms with Gasteiger partial charge in [-0.05, 0) is 35.4 Å². The maximum absolute atomic E-state index is 8.82. The summed E-state index contributed by atoms with van der Waals surface area (Å²) in [5.41, 5.74) is 2.10. The highest BCUT2D eigenvalue weighted by Crippen LogP contribution is 2.19. The van der Waals surface area contributed by atoms with Gasteiger partial charge >= 0.3 is 0 Å². The molecule has 122 valence electrons. The van der Waals surface area contributed by atoms with Crippen LogP contribution in [0.25, 0.3) is 12.2 Å². The lowest BCUT2D eigenvalue weighted by Gasteiger charge is -2.24. The highest BCUT2D eigenvalue weighted by Gasteiger charge is 2.17. The number of ether oxygens (including phenoxy) is 2. The van der Waals surface area contributed by atoms with Crippen molar-refractivity contribution in [1.82, 2.24) is 0 Å². The molecule has 0 unspecified atom stereocenters. The van der Waals surface area contributed by atoms with Crippen LogP contribution in [-0.4, -0.2) is 18.0 Å². The molecule has 0 aliphatic rings. The molecule has 3 heteroatoms. The van der Waals surface area contributed by atoms with Crippen LogP contribution in [0, 0.1) is 0 Å². The van der Waals surface area contributed by atoms with Gasteiger partial charge in [0.2, 0.25) is 5.79 Å². The maximum atomic E-state index is 8.82. The van der Waals surface area contributed by atoms with Crippen LogP contribution in [0.3, 0.4) is 0 Å². The van der Waals surface area contributed by atoms with Gasteiger partial charge in [-0.2, -0.15) is 0 Å². The lowest BCUT2D eigenvalue weighted by molar-refractivity contribution is -0.134. The van der Waals surface area contributed by atoms with E-state index in [-0.39, 0.29) is 0 Å². The third kappa shape index (κ3) is 6.85. The second kappa shape index (κ2) is 8.81. The number of phenols is 1. The van der Waals surface area contributed by atoms with E-state index in [4.69, 9.17) is 14.6 Å². The Hall–Kier alpha value is -2.52. The van der Waals surface area contributed by atoms with Crippen LogP contribution < -0.4 is 4.74 Å². The van der Waals surface area contributed by atoms with Gasteiger partial charge in [-0.1, -0.05) is 49.6 Å². The Morgan fingerprint density at radius 1 is 0.870 bits per heavy atom. The molecular formula is C20H24O3. The minimum atomic E-state index is -0.588. The largest absolute Gasteiger partial charge is 0.508 e. The van der Waals surface area contributed by atoms with E-state index in [1.807, 2.05) is 50.2 Å². The molecule has 2 aromatic carbocycles. The molecule has 23 heavy (non-hydrogen) atoms. The number of phenolic OH excluding ortho intramolecular Hbond substituents is 1. The van der Waals surface area contributed by atoms with Gasteiger partial charge in [0.25, 0.3) is 0 Å². The molecule has 2 aromatic rings. The molecule has 0 saturated heterocycles. The van der Waals surface area contributed by atoms with Crippen LogP contribution in [0.2, 0.25) is 0 Å². The number of methoxy groups -OCH3 is 1. The zero-order chi connectivity index (χ0) is 17.3. The van der Waals surface area contributed by atoms with E-state index in [0.717, 1.165) is 16.9 Å². The van der Waals surface area contributed by atoms with Gasteiger partial charge in [-0.25, -0.2) is 0 Å². The molecule has 0 bridgehead atoms. The molecule has 0 fully saturated rings. The third-order valence-electron chi connectivity index (χ3n) is 3.10. The summed E-state index contributed by atoms with van der Waals surface area (Å²) >= 11 is 0. The van der Waals surface area contributed by atoms with E-state index >= 15 is 0 Å². The predicted molar refractivity (Wildman–Crippen MR) is 96.4 cm³/mol. The van der Waals surface area contributed by atoms with Gasteiger partial charge in [-0.3, -0.25) is 0 Å². The van der Waals surface area contributed by atoms with Crippen LogP contribution in [0.15, 0.2) is 61.7 Å². The fourth-order valence-corrected chi connectivity index (χ4v) is 1.61. The number of benzene rings is 2. The zero-order valence-corrected chi connectivity index (χ0v) is 14.0. The lowest BCUT2D eigenvalue weighted by Crippen LogP contribution is -2.30. The molecule has 0 aromatic heterocycles. The van der Waals surface area contributed by atoms with E-state index in [1.165, 1.54) is 0 Å². The minimum absolute atomic E-state index is 0.292. The second-order valence-corrected chi connectivity index (χ2v) is 5.27. The van der Waals surface area contributed by atoms with E-state index in [0.29, 0.717) is 5.75 Å². The lowest BCUT2D eigenvalue weighted by atomic mass is 10.2. The summed E-state index contributed by atoms with van der Waals surface area (Å²) in [6.07, 6.45) is 3.53. The van der Waals surface area contributed by atoms with Crippen molar-refractivity contribution in [1.29, 1.82) is 0 Å². The number of rotatable bonds is 5. The summed E-state index contributed by atoms with van der Waals surface area (Å²) in [6.45, 7) is 11.0. The summed E-state index contributed by atoms with van der Waals surface area (Å²) < 4.78 is 10.7. The Morgan fingerprint density at radius 2 is 1.30 bits per heavy atom. The van der Waals surface area contributed by atoms with Gasteiger partial charge < -0.3 is 14.6 Å². The van der Waals surface area contributed by atoms with E-state index in [1.54, 1.807) is 31.4 Å². The first-order chi connectivity index (χ1) is 10.9. The zero-order valence-electron chi connectivity index (χ0n) is 14.0. The summed E-state index contributed by atoms with van der Waals surface area (Å²) in [6, 6.07) is 14.6. The quantitative estimate of drug-likeness (QED) is 0.778. The Labute approximate surface area is 138 Å². The van der Waals surface area contributed by atoms with Crippen molar-refractivity contribution in [2.45, 2.75) is 19.6 Å². The summed E-state index contributed by atoms with van der Waals surface area (Å²) in [5.74, 6) is 0.499. The molecule has 1 N–H and O–H groups in total.